The van der Waals surface area contributed by atoms with E-state index in [4.69, 9.17) is 5.73 Å². The Morgan fingerprint density at radius 2 is 2.23 bits per heavy atom. The summed E-state index contributed by atoms with van der Waals surface area (Å²) in [6.45, 7) is 1.81. The standard InChI is InChI=1S/C7H15FN2O2S/c1-2-13(11,12)10-4-3-7(9)6(8)5-10/h6-7H,2-5,9H2,1H3. The van der Waals surface area contributed by atoms with E-state index in [0.717, 1.165) is 0 Å². The molecule has 6 heteroatoms. The lowest BCUT2D eigenvalue weighted by Gasteiger charge is -2.31. The molecule has 1 heterocycles. The van der Waals surface area contributed by atoms with Crippen molar-refractivity contribution in [2.24, 2.45) is 5.73 Å². The van der Waals surface area contributed by atoms with Crippen molar-refractivity contribution in [1.82, 2.24) is 4.31 Å². The zero-order chi connectivity index (χ0) is 10.1. The van der Waals surface area contributed by atoms with Gasteiger partial charge in [0.05, 0.1) is 5.75 Å². The molecule has 0 aromatic heterocycles. The summed E-state index contributed by atoms with van der Waals surface area (Å²) in [5, 5.41) is 0. The molecule has 0 aromatic rings. The molecule has 0 bridgehead atoms. The van der Waals surface area contributed by atoms with Crippen LogP contribution in [0, 0.1) is 0 Å². The third kappa shape index (κ3) is 2.38. The number of sulfonamides is 1. The Hall–Kier alpha value is -0.200. The maximum absolute atomic E-state index is 13.1. The number of hydrogen-bond donors (Lipinski definition) is 1. The molecule has 0 saturated carbocycles. The molecule has 2 unspecified atom stereocenters. The van der Waals surface area contributed by atoms with Gasteiger partial charge in [0.25, 0.3) is 0 Å². The molecule has 78 valence electrons. The van der Waals surface area contributed by atoms with Crippen LogP contribution >= 0.6 is 0 Å². The second-order valence-electron chi connectivity index (χ2n) is 3.23. The Bertz CT molecular complexity index is 268. The lowest BCUT2D eigenvalue weighted by Crippen LogP contribution is -2.50. The first kappa shape index (κ1) is 10.9. The number of hydrogen-bond acceptors (Lipinski definition) is 3. The maximum atomic E-state index is 13.1. The minimum absolute atomic E-state index is 0.0228. The van der Waals surface area contributed by atoms with Gasteiger partial charge in [-0.2, -0.15) is 4.31 Å². The predicted molar refractivity (Wildman–Crippen MR) is 48.5 cm³/mol. The van der Waals surface area contributed by atoms with Crippen LogP contribution in [0.15, 0.2) is 0 Å². The zero-order valence-corrected chi connectivity index (χ0v) is 8.43. The number of rotatable bonds is 2. The summed E-state index contributed by atoms with van der Waals surface area (Å²) in [5.41, 5.74) is 5.43. The van der Waals surface area contributed by atoms with E-state index in [1.807, 2.05) is 0 Å². The number of nitrogens with zero attached hydrogens (tertiary/aromatic N) is 1. The highest BCUT2D eigenvalue weighted by atomic mass is 32.2. The fourth-order valence-corrected chi connectivity index (χ4v) is 2.45. The van der Waals surface area contributed by atoms with Gasteiger partial charge in [0.2, 0.25) is 10.0 Å². The van der Waals surface area contributed by atoms with Crippen molar-refractivity contribution < 1.29 is 12.8 Å². The molecule has 1 aliphatic heterocycles. The predicted octanol–water partition coefficient (Wildman–Crippen LogP) is -0.293. The third-order valence-corrected chi connectivity index (χ3v) is 4.16. The fourth-order valence-electron chi connectivity index (χ4n) is 1.33. The molecule has 1 saturated heterocycles. The maximum Gasteiger partial charge on any atom is 0.213 e. The van der Waals surface area contributed by atoms with E-state index < -0.39 is 22.2 Å². The summed E-state index contributed by atoms with van der Waals surface area (Å²) in [7, 11) is -3.24. The number of nitrogens with two attached hydrogens (primary N) is 1. The van der Waals surface area contributed by atoms with Gasteiger partial charge >= 0.3 is 0 Å². The second kappa shape index (κ2) is 3.89. The normalized spacial score (nSPS) is 31.9. The van der Waals surface area contributed by atoms with E-state index in [2.05, 4.69) is 0 Å². The molecular weight excluding hydrogens is 195 g/mol. The first-order valence-electron chi connectivity index (χ1n) is 4.35. The average molecular weight is 210 g/mol. The highest BCUT2D eigenvalue weighted by Crippen LogP contribution is 2.15. The Morgan fingerprint density at radius 1 is 1.62 bits per heavy atom. The van der Waals surface area contributed by atoms with E-state index in [1.54, 1.807) is 6.92 Å². The van der Waals surface area contributed by atoms with Crippen molar-refractivity contribution in [2.45, 2.75) is 25.6 Å². The van der Waals surface area contributed by atoms with Crippen LogP contribution in [-0.4, -0.2) is 43.8 Å². The summed E-state index contributed by atoms with van der Waals surface area (Å²) in [4.78, 5) is 0. The topological polar surface area (TPSA) is 63.4 Å². The first-order valence-corrected chi connectivity index (χ1v) is 5.95. The van der Waals surface area contributed by atoms with E-state index in [1.165, 1.54) is 4.31 Å². The Labute approximate surface area is 77.9 Å². The smallest absolute Gasteiger partial charge is 0.213 e. The number of alkyl halides is 1. The average Bonchev–Trinajstić information content (AvgIpc) is 2.09. The lowest BCUT2D eigenvalue weighted by atomic mass is 10.1. The van der Waals surface area contributed by atoms with Crippen LogP contribution in [0.5, 0.6) is 0 Å². The van der Waals surface area contributed by atoms with Crippen LogP contribution < -0.4 is 5.73 Å². The van der Waals surface area contributed by atoms with Gasteiger partial charge in [-0.15, -0.1) is 0 Å². The summed E-state index contributed by atoms with van der Waals surface area (Å²) in [6.07, 6.45) is -0.824. The van der Waals surface area contributed by atoms with Crippen LogP contribution in [0.1, 0.15) is 13.3 Å². The van der Waals surface area contributed by atoms with Crippen LogP contribution in [0.4, 0.5) is 4.39 Å². The van der Waals surface area contributed by atoms with Crippen LogP contribution in [0.3, 0.4) is 0 Å². The highest BCUT2D eigenvalue weighted by Gasteiger charge is 2.31. The van der Waals surface area contributed by atoms with Crippen LogP contribution in [0.2, 0.25) is 0 Å². The van der Waals surface area contributed by atoms with Crippen molar-refractivity contribution in [2.75, 3.05) is 18.8 Å². The molecule has 1 aliphatic rings. The van der Waals surface area contributed by atoms with Gasteiger partial charge in [-0.1, -0.05) is 0 Å². The molecule has 1 rings (SSSR count). The van der Waals surface area contributed by atoms with Crippen molar-refractivity contribution >= 4 is 10.0 Å². The number of piperidine rings is 1. The van der Waals surface area contributed by atoms with Gasteiger partial charge < -0.3 is 5.73 Å². The van der Waals surface area contributed by atoms with Gasteiger partial charge in [-0.3, -0.25) is 0 Å². The molecule has 2 N–H and O–H groups in total. The Kier molecular flexibility index (Phi) is 3.26. The molecule has 0 radical (unpaired) electrons. The fraction of sp³-hybridized carbons (Fsp3) is 1.00. The molecule has 2 atom stereocenters. The highest BCUT2D eigenvalue weighted by molar-refractivity contribution is 7.89. The van der Waals surface area contributed by atoms with Gasteiger partial charge in [-0.25, -0.2) is 12.8 Å². The minimum atomic E-state index is -3.24. The van der Waals surface area contributed by atoms with Gasteiger partial charge in [0.1, 0.15) is 6.17 Å². The second-order valence-corrected chi connectivity index (χ2v) is 5.48. The lowest BCUT2D eigenvalue weighted by molar-refractivity contribution is 0.177. The molecular formula is C7H15FN2O2S. The van der Waals surface area contributed by atoms with Gasteiger partial charge in [-0.05, 0) is 13.3 Å². The first-order chi connectivity index (χ1) is 5.97. The Balaban J connectivity index is 2.66. The van der Waals surface area contributed by atoms with Gasteiger partial charge in [0, 0.05) is 19.1 Å². The van der Waals surface area contributed by atoms with Crippen molar-refractivity contribution in [3.8, 4) is 0 Å². The summed E-state index contributed by atoms with van der Waals surface area (Å²) in [6, 6.07) is -0.511. The minimum Gasteiger partial charge on any atom is -0.325 e. The molecule has 1 fully saturated rings. The van der Waals surface area contributed by atoms with E-state index in [-0.39, 0.29) is 12.3 Å². The molecule has 0 aromatic carbocycles. The van der Waals surface area contributed by atoms with Crippen molar-refractivity contribution in [3.05, 3.63) is 0 Å². The molecule has 4 nitrogen and oxygen atoms in total. The third-order valence-electron chi connectivity index (χ3n) is 2.31. The SMILES string of the molecule is CCS(=O)(=O)N1CCC(N)C(F)C1. The van der Waals surface area contributed by atoms with E-state index >= 15 is 0 Å². The van der Waals surface area contributed by atoms with Crippen molar-refractivity contribution in [1.29, 1.82) is 0 Å². The Morgan fingerprint density at radius 3 is 2.69 bits per heavy atom. The number of halogens is 1. The van der Waals surface area contributed by atoms with Crippen LogP contribution in [-0.2, 0) is 10.0 Å². The summed E-state index contributed by atoms with van der Waals surface area (Å²) < 4.78 is 36.9. The van der Waals surface area contributed by atoms with Crippen molar-refractivity contribution in [3.63, 3.8) is 0 Å². The van der Waals surface area contributed by atoms with E-state index in [0.29, 0.717) is 13.0 Å². The molecule has 13 heavy (non-hydrogen) atoms. The molecule has 0 spiro atoms. The van der Waals surface area contributed by atoms with Crippen LogP contribution in [0.25, 0.3) is 0 Å². The monoisotopic (exact) mass is 210 g/mol. The molecule has 0 amide bonds. The largest absolute Gasteiger partial charge is 0.325 e. The summed E-state index contributed by atoms with van der Waals surface area (Å²) in [5.74, 6) is 0.0228. The quantitative estimate of drug-likeness (QED) is 0.681. The zero-order valence-electron chi connectivity index (χ0n) is 7.61. The summed E-state index contributed by atoms with van der Waals surface area (Å²) >= 11 is 0. The van der Waals surface area contributed by atoms with Gasteiger partial charge in [0.15, 0.2) is 0 Å². The molecule has 0 aliphatic carbocycles. The van der Waals surface area contributed by atoms with E-state index in [9.17, 15) is 12.8 Å².